The molecule has 19 heavy (non-hydrogen) atoms. The monoisotopic (exact) mass is 262 g/mol. The molecule has 1 aliphatic rings. The molecule has 2 rings (SSSR count). The van der Waals surface area contributed by atoms with Crippen LogP contribution in [0, 0.1) is 5.92 Å². The minimum Gasteiger partial charge on any atom is -0.381 e. The van der Waals surface area contributed by atoms with Crippen LogP contribution in [0.2, 0.25) is 0 Å². The minimum absolute atomic E-state index is 0.122. The van der Waals surface area contributed by atoms with E-state index in [4.69, 9.17) is 10.5 Å². The Bertz CT molecular complexity index is 360. The standard InChI is InChI=1S/C16H26N2O/c1-13(17)16(15-8-4-3-5-9-15)18(2)11-14-7-6-10-19-12-14/h3-5,8-9,13-14,16H,6-7,10-12,17H2,1-2H3. The van der Waals surface area contributed by atoms with E-state index >= 15 is 0 Å². The van der Waals surface area contributed by atoms with Crippen LogP contribution in [-0.4, -0.2) is 37.7 Å². The summed E-state index contributed by atoms with van der Waals surface area (Å²) in [5, 5.41) is 0. The quantitative estimate of drug-likeness (QED) is 0.885. The number of nitrogens with zero attached hydrogens (tertiary/aromatic N) is 1. The first-order valence-electron chi connectivity index (χ1n) is 7.27. The van der Waals surface area contributed by atoms with E-state index in [9.17, 15) is 0 Å². The van der Waals surface area contributed by atoms with Gasteiger partial charge in [0.1, 0.15) is 0 Å². The lowest BCUT2D eigenvalue weighted by Crippen LogP contribution is -2.40. The van der Waals surface area contributed by atoms with Gasteiger partial charge >= 0.3 is 0 Å². The third-order valence-electron chi connectivity index (χ3n) is 3.91. The lowest BCUT2D eigenvalue weighted by Gasteiger charge is -2.35. The van der Waals surface area contributed by atoms with Crippen LogP contribution in [0.1, 0.15) is 31.4 Å². The van der Waals surface area contributed by atoms with E-state index in [1.165, 1.54) is 18.4 Å². The van der Waals surface area contributed by atoms with Gasteiger partial charge in [0.2, 0.25) is 0 Å². The van der Waals surface area contributed by atoms with Gasteiger partial charge in [0.15, 0.2) is 0 Å². The van der Waals surface area contributed by atoms with Gasteiger partial charge in [-0.25, -0.2) is 0 Å². The summed E-state index contributed by atoms with van der Waals surface area (Å²) in [5.74, 6) is 0.642. The highest BCUT2D eigenvalue weighted by atomic mass is 16.5. The summed E-state index contributed by atoms with van der Waals surface area (Å²) in [6.45, 7) is 4.97. The molecule has 0 bridgehead atoms. The van der Waals surface area contributed by atoms with Gasteiger partial charge in [-0.1, -0.05) is 30.3 Å². The molecular weight excluding hydrogens is 236 g/mol. The molecule has 1 heterocycles. The van der Waals surface area contributed by atoms with Crippen LogP contribution in [0.15, 0.2) is 30.3 Å². The molecule has 0 saturated carbocycles. The normalized spacial score (nSPS) is 23.3. The molecule has 3 atom stereocenters. The lowest BCUT2D eigenvalue weighted by atomic mass is 9.96. The van der Waals surface area contributed by atoms with E-state index < -0.39 is 0 Å². The highest BCUT2D eigenvalue weighted by Gasteiger charge is 2.24. The van der Waals surface area contributed by atoms with Gasteiger partial charge in [-0.15, -0.1) is 0 Å². The van der Waals surface area contributed by atoms with Crippen molar-refractivity contribution in [2.45, 2.75) is 31.8 Å². The summed E-state index contributed by atoms with van der Waals surface area (Å²) in [4.78, 5) is 2.39. The van der Waals surface area contributed by atoms with E-state index in [-0.39, 0.29) is 12.1 Å². The van der Waals surface area contributed by atoms with Crippen molar-refractivity contribution in [2.75, 3.05) is 26.8 Å². The number of likely N-dealkylation sites (N-methyl/N-ethyl adjacent to an activating group) is 1. The zero-order chi connectivity index (χ0) is 13.7. The first kappa shape index (κ1) is 14.5. The van der Waals surface area contributed by atoms with Gasteiger partial charge in [0.05, 0.1) is 6.61 Å². The summed E-state index contributed by atoms with van der Waals surface area (Å²) >= 11 is 0. The Hall–Kier alpha value is -0.900. The highest BCUT2D eigenvalue weighted by molar-refractivity contribution is 5.20. The average Bonchev–Trinajstić information content (AvgIpc) is 2.40. The van der Waals surface area contributed by atoms with Crippen LogP contribution in [-0.2, 0) is 4.74 Å². The predicted molar refractivity (Wildman–Crippen MR) is 79.0 cm³/mol. The molecule has 106 valence electrons. The van der Waals surface area contributed by atoms with Crippen LogP contribution in [0.4, 0.5) is 0 Å². The van der Waals surface area contributed by atoms with Crippen molar-refractivity contribution in [3.05, 3.63) is 35.9 Å². The van der Waals surface area contributed by atoms with Gasteiger partial charge in [-0.3, -0.25) is 4.90 Å². The summed E-state index contributed by atoms with van der Waals surface area (Å²) in [5.41, 5.74) is 7.50. The molecule has 0 aromatic heterocycles. The Morgan fingerprint density at radius 1 is 1.37 bits per heavy atom. The molecule has 0 spiro atoms. The molecule has 3 unspecified atom stereocenters. The maximum Gasteiger partial charge on any atom is 0.0506 e. The zero-order valence-electron chi connectivity index (χ0n) is 12.1. The molecular formula is C16H26N2O. The Kier molecular flexibility index (Phi) is 5.37. The molecule has 1 aromatic rings. The lowest BCUT2D eigenvalue weighted by molar-refractivity contribution is 0.0344. The molecule has 1 saturated heterocycles. The fourth-order valence-corrected chi connectivity index (χ4v) is 3.08. The number of hydrogen-bond donors (Lipinski definition) is 1. The van der Waals surface area contributed by atoms with Crippen LogP contribution in [0.25, 0.3) is 0 Å². The number of hydrogen-bond acceptors (Lipinski definition) is 3. The summed E-state index contributed by atoms with van der Waals surface area (Å²) in [6.07, 6.45) is 2.46. The number of rotatable bonds is 5. The van der Waals surface area contributed by atoms with Crippen LogP contribution in [0.5, 0.6) is 0 Å². The number of nitrogens with two attached hydrogens (primary N) is 1. The molecule has 1 fully saturated rings. The van der Waals surface area contributed by atoms with Crippen molar-refractivity contribution < 1.29 is 4.74 Å². The number of ether oxygens (including phenoxy) is 1. The zero-order valence-corrected chi connectivity index (χ0v) is 12.1. The largest absolute Gasteiger partial charge is 0.381 e. The fraction of sp³-hybridized carbons (Fsp3) is 0.625. The van der Waals surface area contributed by atoms with Gasteiger partial charge in [-0.05, 0) is 38.3 Å². The Balaban J connectivity index is 2.02. The van der Waals surface area contributed by atoms with Crippen molar-refractivity contribution in [3.63, 3.8) is 0 Å². The molecule has 0 aliphatic carbocycles. The van der Waals surface area contributed by atoms with Crippen LogP contribution in [0.3, 0.4) is 0 Å². The number of benzene rings is 1. The molecule has 0 radical (unpaired) electrons. The predicted octanol–water partition coefficient (Wildman–Crippen LogP) is 2.43. The first-order chi connectivity index (χ1) is 9.18. The first-order valence-corrected chi connectivity index (χ1v) is 7.27. The van der Waals surface area contributed by atoms with Gasteiger partial charge in [0.25, 0.3) is 0 Å². The third-order valence-corrected chi connectivity index (χ3v) is 3.91. The third kappa shape index (κ3) is 4.03. The van der Waals surface area contributed by atoms with E-state index in [0.29, 0.717) is 5.92 Å². The maximum atomic E-state index is 6.20. The molecule has 2 N–H and O–H groups in total. The summed E-state index contributed by atoms with van der Waals surface area (Å²) in [7, 11) is 2.18. The topological polar surface area (TPSA) is 38.5 Å². The molecule has 3 heteroatoms. The molecule has 3 nitrogen and oxygen atoms in total. The van der Waals surface area contributed by atoms with Crippen molar-refractivity contribution in [3.8, 4) is 0 Å². The minimum atomic E-state index is 0.122. The van der Waals surface area contributed by atoms with E-state index in [2.05, 4.69) is 49.2 Å². The molecule has 1 aliphatic heterocycles. The van der Waals surface area contributed by atoms with Gasteiger partial charge < -0.3 is 10.5 Å². The van der Waals surface area contributed by atoms with E-state index in [1.54, 1.807) is 0 Å². The Morgan fingerprint density at radius 2 is 2.11 bits per heavy atom. The Labute approximate surface area is 116 Å². The Morgan fingerprint density at radius 3 is 2.68 bits per heavy atom. The molecule has 1 aromatic carbocycles. The van der Waals surface area contributed by atoms with Crippen LogP contribution < -0.4 is 5.73 Å². The smallest absolute Gasteiger partial charge is 0.0506 e. The van der Waals surface area contributed by atoms with E-state index in [0.717, 1.165) is 19.8 Å². The SMILES string of the molecule is CC(N)C(c1ccccc1)N(C)CC1CCCOC1. The average molecular weight is 262 g/mol. The molecule has 0 amide bonds. The maximum absolute atomic E-state index is 6.20. The second kappa shape index (κ2) is 7.04. The van der Waals surface area contributed by atoms with Gasteiger partial charge in [-0.2, -0.15) is 0 Å². The van der Waals surface area contributed by atoms with Crippen molar-refractivity contribution in [1.82, 2.24) is 4.90 Å². The second-order valence-corrected chi connectivity index (χ2v) is 5.74. The van der Waals surface area contributed by atoms with E-state index in [1.807, 2.05) is 0 Å². The summed E-state index contributed by atoms with van der Waals surface area (Å²) < 4.78 is 5.57. The second-order valence-electron chi connectivity index (χ2n) is 5.74. The fourth-order valence-electron chi connectivity index (χ4n) is 3.08. The van der Waals surface area contributed by atoms with Crippen molar-refractivity contribution in [1.29, 1.82) is 0 Å². The highest BCUT2D eigenvalue weighted by Crippen LogP contribution is 2.24. The van der Waals surface area contributed by atoms with Crippen LogP contribution >= 0.6 is 0 Å². The summed E-state index contributed by atoms with van der Waals surface area (Å²) in [6, 6.07) is 11.0. The van der Waals surface area contributed by atoms with Gasteiger partial charge in [0, 0.05) is 25.2 Å². The van der Waals surface area contributed by atoms with Crippen molar-refractivity contribution >= 4 is 0 Å². The van der Waals surface area contributed by atoms with Crippen molar-refractivity contribution in [2.24, 2.45) is 11.7 Å².